The topological polar surface area (TPSA) is 46.2 Å². The normalized spacial score (nSPS) is 13.5. The van der Waals surface area contributed by atoms with Gasteiger partial charge in [-0.3, -0.25) is 0 Å². The molecule has 18 heavy (non-hydrogen) atoms. The zero-order valence-electron chi connectivity index (χ0n) is 10.8. The van der Waals surface area contributed by atoms with E-state index in [-0.39, 0.29) is 17.5 Å². The van der Waals surface area contributed by atoms with E-state index in [4.69, 9.17) is 0 Å². The van der Waals surface area contributed by atoms with Crippen molar-refractivity contribution in [3.8, 4) is 0 Å². The van der Waals surface area contributed by atoms with E-state index in [1.807, 2.05) is 38.1 Å². The Bertz CT molecular complexity index is 474. The minimum absolute atomic E-state index is 0.136. The highest BCUT2D eigenvalue weighted by molar-refractivity contribution is 9.10. The second kappa shape index (κ2) is 7.26. The molecular formula is C13H20BrNO2S. The highest BCUT2D eigenvalue weighted by Crippen LogP contribution is 2.22. The molecule has 0 spiro atoms. The molecule has 0 aliphatic heterocycles. The zero-order valence-corrected chi connectivity index (χ0v) is 13.2. The Morgan fingerprint density at radius 2 is 1.94 bits per heavy atom. The average Bonchev–Trinajstić information content (AvgIpc) is 2.29. The molecule has 0 radical (unpaired) electrons. The summed E-state index contributed by atoms with van der Waals surface area (Å²) < 4.78 is 24.2. The Labute approximate surface area is 118 Å². The molecule has 1 N–H and O–H groups in total. The van der Waals surface area contributed by atoms with E-state index >= 15 is 0 Å². The third-order valence-electron chi connectivity index (χ3n) is 2.75. The first-order valence-corrected chi connectivity index (χ1v) is 8.76. The van der Waals surface area contributed by atoms with Crippen molar-refractivity contribution in [1.29, 1.82) is 0 Å². The highest BCUT2D eigenvalue weighted by atomic mass is 79.9. The molecule has 0 aliphatic rings. The van der Waals surface area contributed by atoms with Gasteiger partial charge >= 0.3 is 0 Å². The van der Waals surface area contributed by atoms with Gasteiger partial charge in [0.2, 0.25) is 0 Å². The number of nitrogens with one attached hydrogen (secondary N) is 1. The van der Waals surface area contributed by atoms with Gasteiger partial charge in [0.1, 0.15) is 0 Å². The summed E-state index contributed by atoms with van der Waals surface area (Å²) in [7, 11) is -2.89. The van der Waals surface area contributed by atoms with Crippen LogP contribution in [0.2, 0.25) is 0 Å². The van der Waals surface area contributed by atoms with Crippen LogP contribution in [0.25, 0.3) is 0 Å². The number of benzene rings is 1. The minimum atomic E-state index is -2.89. The lowest BCUT2D eigenvalue weighted by molar-refractivity contribution is 0.570. The Hall–Kier alpha value is -0.390. The van der Waals surface area contributed by atoms with Crippen molar-refractivity contribution in [1.82, 2.24) is 5.32 Å². The molecule has 1 aromatic carbocycles. The predicted molar refractivity (Wildman–Crippen MR) is 79.5 cm³/mol. The third-order valence-corrected chi connectivity index (χ3v) is 5.33. The van der Waals surface area contributed by atoms with Crippen molar-refractivity contribution in [2.75, 3.05) is 18.1 Å². The van der Waals surface area contributed by atoms with Crippen molar-refractivity contribution >= 4 is 25.8 Å². The Kier molecular flexibility index (Phi) is 6.32. The Balaban J connectivity index is 2.48. The van der Waals surface area contributed by atoms with E-state index in [1.165, 1.54) is 0 Å². The van der Waals surface area contributed by atoms with Gasteiger partial charge in [0.25, 0.3) is 0 Å². The molecule has 3 nitrogen and oxygen atoms in total. The van der Waals surface area contributed by atoms with Crippen molar-refractivity contribution < 1.29 is 8.42 Å². The van der Waals surface area contributed by atoms with Crippen LogP contribution in [0.5, 0.6) is 0 Å². The van der Waals surface area contributed by atoms with Gasteiger partial charge in [-0.1, -0.05) is 41.1 Å². The van der Waals surface area contributed by atoms with Crippen molar-refractivity contribution in [3.63, 3.8) is 0 Å². The van der Waals surface area contributed by atoms with E-state index in [0.29, 0.717) is 13.0 Å². The fourth-order valence-corrected chi connectivity index (χ4v) is 3.66. The van der Waals surface area contributed by atoms with E-state index in [9.17, 15) is 8.42 Å². The third kappa shape index (κ3) is 5.08. The summed E-state index contributed by atoms with van der Waals surface area (Å²) in [6, 6.07) is 8.10. The quantitative estimate of drug-likeness (QED) is 0.834. The molecule has 0 saturated carbocycles. The molecule has 1 aromatic rings. The highest BCUT2D eigenvalue weighted by Gasteiger charge is 2.11. The van der Waals surface area contributed by atoms with Crippen LogP contribution < -0.4 is 5.32 Å². The van der Waals surface area contributed by atoms with Gasteiger partial charge in [0.15, 0.2) is 9.84 Å². The summed E-state index contributed by atoms with van der Waals surface area (Å²) in [6.45, 7) is 4.41. The molecule has 0 saturated heterocycles. The SMILES string of the molecule is CCCS(=O)(=O)CCN[C@H](C)c1ccccc1Br. The maximum absolute atomic E-state index is 11.6. The maximum Gasteiger partial charge on any atom is 0.151 e. The minimum Gasteiger partial charge on any atom is -0.309 e. The molecular weight excluding hydrogens is 314 g/mol. The van der Waals surface area contributed by atoms with Gasteiger partial charge in [-0.05, 0) is 25.0 Å². The summed E-state index contributed by atoms with van der Waals surface area (Å²) in [5.41, 5.74) is 1.14. The number of rotatable bonds is 7. The van der Waals surface area contributed by atoms with Crippen molar-refractivity contribution in [2.45, 2.75) is 26.3 Å². The van der Waals surface area contributed by atoms with E-state index in [0.717, 1.165) is 10.0 Å². The monoisotopic (exact) mass is 333 g/mol. The smallest absolute Gasteiger partial charge is 0.151 e. The number of hydrogen-bond donors (Lipinski definition) is 1. The van der Waals surface area contributed by atoms with Gasteiger partial charge in [-0.2, -0.15) is 0 Å². The van der Waals surface area contributed by atoms with Crippen LogP contribution in [0.3, 0.4) is 0 Å². The van der Waals surface area contributed by atoms with Gasteiger partial charge in [-0.25, -0.2) is 8.42 Å². The number of sulfone groups is 1. The first-order chi connectivity index (χ1) is 8.46. The van der Waals surface area contributed by atoms with Crippen molar-refractivity contribution in [2.24, 2.45) is 0 Å². The molecule has 0 aliphatic carbocycles. The fourth-order valence-electron chi connectivity index (χ4n) is 1.78. The lowest BCUT2D eigenvalue weighted by Crippen LogP contribution is -2.26. The first-order valence-electron chi connectivity index (χ1n) is 6.14. The molecule has 0 unspecified atom stereocenters. The fraction of sp³-hybridized carbons (Fsp3) is 0.538. The van der Waals surface area contributed by atoms with Crippen LogP contribution in [0.4, 0.5) is 0 Å². The Morgan fingerprint density at radius 3 is 2.56 bits per heavy atom. The van der Waals surface area contributed by atoms with Gasteiger partial charge < -0.3 is 5.32 Å². The number of hydrogen-bond acceptors (Lipinski definition) is 3. The van der Waals surface area contributed by atoms with E-state index in [2.05, 4.69) is 21.2 Å². The number of halogens is 1. The molecule has 0 bridgehead atoms. The average molecular weight is 334 g/mol. The lowest BCUT2D eigenvalue weighted by atomic mass is 10.1. The Morgan fingerprint density at radius 1 is 1.28 bits per heavy atom. The first kappa shape index (κ1) is 15.7. The van der Waals surface area contributed by atoms with Crippen LogP contribution in [0, 0.1) is 0 Å². The van der Waals surface area contributed by atoms with Crippen LogP contribution in [0.1, 0.15) is 31.9 Å². The predicted octanol–water partition coefficient (Wildman–Crippen LogP) is 2.92. The molecule has 5 heteroatoms. The standard InChI is InChI=1S/C13H20BrNO2S/c1-3-9-18(16,17)10-8-15-11(2)12-6-4-5-7-13(12)14/h4-7,11,15H,3,8-10H2,1-2H3/t11-/m1/s1. The molecule has 0 amide bonds. The van der Waals surface area contributed by atoms with Gasteiger partial charge in [0.05, 0.1) is 5.75 Å². The maximum atomic E-state index is 11.6. The van der Waals surface area contributed by atoms with Crippen LogP contribution >= 0.6 is 15.9 Å². The van der Waals surface area contributed by atoms with Gasteiger partial charge in [-0.15, -0.1) is 0 Å². The molecule has 0 fully saturated rings. The van der Waals surface area contributed by atoms with Crippen LogP contribution in [-0.2, 0) is 9.84 Å². The molecule has 1 atom stereocenters. The largest absolute Gasteiger partial charge is 0.309 e. The van der Waals surface area contributed by atoms with Gasteiger partial charge in [0, 0.05) is 22.8 Å². The molecule has 0 heterocycles. The summed E-state index contributed by atoms with van der Waals surface area (Å²) in [5.74, 6) is 0.480. The summed E-state index contributed by atoms with van der Waals surface area (Å²) in [5, 5.41) is 3.25. The lowest BCUT2D eigenvalue weighted by Gasteiger charge is -2.15. The molecule has 102 valence electrons. The van der Waals surface area contributed by atoms with Crippen LogP contribution in [0.15, 0.2) is 28.7 Å². The second-order valence-corrected chi connectivity index (χ2v) is 7.51. The van der Waals surface area contributed by atoms with Crippen molar-refractivity contribution in [3.05, 3.63) is 34.3 Å². The summed E-state index contributed by atoms with van der Waals surface area (Å²) in [6.07, 6.45) is 0.683. The molecule has 1 rings (SSSR count). The van der Waals surface area contributed by atoms with E-state index in [1.54, 1.807) is 0 Å². The van der Waals surface area contributed by atoms with Crippen LogP contribution in [-0.4, -0.2) is 26.5 Å². The zero-order chi connectivity index (χ0) is 13.6. The second-order valence-electron chi connectivity index (χ2n) is 4.35. The van der Waals surface area contributed by atoms with E-state index < -0.39 is 9.84 Å². The molecule has 0 aromatic heterocycles. The summed E-state index contributed by atoms with van der Waals surface area (Å²) >= 11 is 3.49. The summed E-state index contributed by atoms with van der Waals surface area (Å²) in [4.78, 5) is 0.